The van der Waals surface area contributed by atoms with E-state index in [4.69, 9.17) is 0 Å². The van der Waals surface area contributed by atoms with Gasteiger partial charge in [0.15, 0.2) is 0 Å². The molecule has 8 nitrogen and oxygen atoms in total. The van der Waals surface area contributed by atoms with Crippen molar-refractivity contribution in [2.45, 2.75) is 13.8 Å². The number of aromatic nitrogens is 2. The summed E-state index contributed by atoms with van der Waals surface area (Å²) in [6, 6.07) is 24.8. The van der Waals surface area contributed by atoms with Crippen LogP contribution in [0.4, 0.5) is 34.4 Å². The van der Waals surface area contributed by atoms with Gasteiger partial charge in [-0.2, -0.15) is 0 Å². The van der Waals surface area contributed by atoms with Gasteiger partial charge in [-0.05, 0) is 55.3 Å². The number of hydrogen-bond donors (Lipinski definition) is 2. The molecule has 0 fully saturated rings. The molecule has 0 aliphatic rings. The zero-order valence-electron chi connectivity index (χ0n) is 17.7. The zero-order valence-corrected chi connectivity index (χ0v) is 17.7. The van der Waals surface area contributed by atoms with Crippen LogP contribution in [0.5, 0.6) is 0 Å². The van der Waals surface area contributed by atoms with Crippen LogP contribution in [-0.2, 0) is 0 Å². The number of anilines is 5. The van der Waals surface area contributed by atoms with Gasteiger partial charge in [-0.25, -0.2) is 9.97 Å². The fourth-order valence-corrected chi connectivity index (χ4v) is 3.28. The molecule has 0 radical (unpaired) electrons. The van der Waals surface area contributed by atoms with Crippen molar-refractivity contribution in [2.24, 2.45) is 0 Å². The van der Waals surface area contributed by atoms with Crippen molar-refractivity contribution < 1.29 is 4.92 Å². The van der Waals surface area contributed by atoms with Crippen LogP contribution in [0.2, 0.25) is 0 Å². The van der Waals surface area contributed by atoms with Gasteiger partial charge < -0.3 is 5.32 Å². The average Bonchev–Trinajstić information content (AvgIpc) is 2.81. The Morgan fingerprint density at radius 3 is 2.00 bits per heavy atom. The molecule has 0 unspecified atom stereocenters. The van der Waals surface area contributed by atoms with E-state index in [1.807, 2.05) is 92.7 Å². The lowest BCUT2D eigenvalue weighted by atomic mass is 10.1. The second-order valence-corrected chi connectivity index (χ2v) is 7.17. The molecule has 0 spiro atoms. The maximum atomic E-state index is 12.1. The molecule has 32 heavy (non-hydrogen) atoms. The van der Waals surface area contributed by atoms with Crippen molar-refractivity contribution in [3.8, 4) is 0 Å². The Balaban J connectivity index is 1.76. The summed E-state index contributed by atoms with van der Waals surface area (Å²) in [4.78, 5) is 19.9. The third kappa shape index (κ3) is 4.34. The van der Waals surface area contributed by atoms with Crippen LogP contribution in [0.1, 0.15) is 11.1 Å². The average molecular weight is 426 g/mol. The molecule has 8 heteroatoms. The molecule has 4 rings (SSSR count). The van der Waals surface area contributed by atoms with Gasteiger partial charge in [0.2, 0.25) is 11.6 Å². The first-order valence-electron chi connectivity index (χ1n) is 10.0. The van der Waals surface area contributed by atoms with Crippen LogP contribution in [0.3, 0.4) is 0 Å². The van der Waals surface area contributed by atoms with Gasteiger partial charge in [0.25, 0.3) is 0 Å². The number of nitro groups is 1. The van der Waals surface area contributed by atoms with Crippen molar-refractivity contribution in [1.29, 1.82) is 0 Å². The highest BCUT2D eigenvalue weighted by Crippen LogP contribution is 2.34. The SMILES string of the molecule is Cc1cccc(Nc2ncnc(NN(c3ccccc3)c3ccccc3)c2[N+](=O)[O-])c1C. The first-order chi connectivity index (χ1) is 15.5. The van der Waals surface area contributed by atoms with Crippen molar-refractivity contribution in [3.63, 3.8) is 0 Å². The largest absolute Gasteiger partial charge is 0.355 e. The molecular formula is C24H22N6O2. The Morgan fingerprint density at radius 2 is 1.41 bits per heavy atom. The summed E-state index contributed by atoms with van der Waals surface area (Å²) >= 11 is 0. The third-order valence-electron chi connectivity index (χ3n) is 5.11. The Morgan fingerprint density at radius 1 is 0.812 bits per heavy atom. The van der Waals surface area contributed by atoms with E-state index in [2.05, 4.69) is 20.7 Å². The standard InChI is InChI=1S/C24H22N6O2/c1-17-10-9-15-21(18(17)2)27-23-22(30(31)32)24(26-16-25-23)28-29(19-11-5-3-6-12-19)20-13-7-4-8-14-20/h3-16H,1-2H3,(H2,25,26,27,28). The predicted octanol–water partition coefficient (Wildman–Crippen LogP) is 5.91. The van der Waals surface area contributed by atoms with E-state index in [1.54, 1.807) is 5.01 Å². The van der Waals surface area contributed by atoms with Crippen LogP contribution >= 0.6 is 0 Å². The number of para-hydroxylation sites is 2. The van der Waals surface area contributed by atoms with Crippen molar-refractivity contribution in [1.82, 2.24) is 9.97 Å². The van der Waals surface area contributed by atoms with Gasteiger partial charge in [0.1, 0.15) is 6.33 Å². The molecule has 4 aromatic rings. The van der Waals surface area contributed by atoms with E-state index in [0.29, 0.717) is 0 Å². The quantitative estimate of drug-likeness (QED) is 0.280. The minimum atomic E-state index is -0.482. The predicted molar refractivity (Wildman–Crippen MR) is 127 cm³/mol. The summed E-state index contributed by atoms with van der Waals surface area (Å²) in [6.45, 7) is 3.94. The molecule has 0 aliphatic heterocycles. The summed E-state index contributed by atoms with van der Waals surface area (Å²) in [5.41, 5.74) is 7.29. The fraction of sp³-hybridized carbons (Fsp3) is 0.0833. The maximum Gasteiger partial charge on any atom is 0.355 e. The van der Waals surface area contributed by atoms with Crippen LogP contribution in [0, 0.1) is 24.0 Å². The molecule has 0 saturated carbocycles. The highest BCUT2D eigenvalue weighted by molar-refractivity contribution is 5.78. The Kier molecular flexibility index (Phi) is 5.94. The number of nitrogens with one attached hydrogen (secondary N) is 2. The monoisotopic (exact) mass is 426 g/mol. The van der Waals surface area contributed by atoms with Crippen LogP contribution in [-0.4, -0.2) is 14.9 Å². The maximum absolute atomic E-state index is 12.1. The highest BCUT2D eigenvalue weighted by atomic mass is 16.6. The first-order valence-corrected chi connectivity index (χ1v) is 10.0. The molecule has 160 valence electrons. The van der Waals surface area contributed by atoms with Gasteiger partial charge in [0.05, 0.1) is 16.3 Å². The summed E-state index contributed by atoms with van der Waals surface area (Å²) in [7, 11) is 0. The normalized spacial score (nSPS) is 10.4. The molecule has 0 atom stereocenters. The Hall–Kier alpha value is -4.46. The van der Waals surface area contributed by atoms with Gasteiger partial charge in [-0.3, -0.25) is 20.5 Å². The molecule has 0 saturated heterocycles. The van der Waals surface area contributed by atoms with Gasteiger partial charge >= 0.3 is 5.69 Å². The lowest BCUT2D eigenvalue weighted by Gasteiger charge is -2.26. The molecule has 1 aromatic heterocycles. The van der Waals surface area contributed by atoms with Crippen molar-refractivity contribution in [3.05, 3.63) is 106 Å². The molecule has 1 heterocycles. The van der Waals surface area contributed by atoms with E-state index in [9.17, 15) is 10.1 Å². The number of hydrazine groups is 1. The Labute approximate surface area is 185 Å². The first kappa shape index (κ1) is 20.8. The van der Waals surface area contributed by atoms with E-state index in [1.165, 1.54) is 6.33 Å². The minimum Gasteiger partial charge on any atom is -0.334 e. The number of benzene rings is 3. The van der Waals surface area contributed by atoms with Gasteiger partial charge in [-0.15, -0.1) is 0 Å². The van der Waals surface area contributed by atoms with Gasteiger partial charge in [-0.1, -0.05) is 48.5 Å². The number of hydrogen-bond acceptors (Lipinski definition) is 7. The van der Waals surface area contributed by atoms with E-state index in [-0.39, 0.29) is 17.3 Å². The summed E-state index contributed by atoms with van der Waals surface area (Å²) in [6.07, 6.45) is 1.30. The van der Waals surface area contributed by atoms with E-state index in [0.717, 1.165) is 28.2 Å². The summed E-state index contributed by atoms with van der Waals surface area (Å²) in [5.74, 6) is 0.188. The molecule has 0 aliphatic carbocycles. The summed E-state index contributed by atoms with van der Waals surface area (Å²) < 4.78 is 0. The van der Waals surface area contributed by atoms with Crippen LogP contribution in [0.15, 0.2) is 85.2 Å². The highest BCUT2D eigenvalue weighted by Gasteiger charge is 2.25. The number of aryl methyl sites for hydroxylation is 1. The topological polar surface area (TPSA) is 96.2 Å². The number of nitrogens with zero attached hydrogens (tertiary/aromatic N) is 4. The lowest BCUT2D eigenvalue weighted by molar-refractivity contribution is -0.383. The molecule has 0 bridgehead atoms. The molecule has 3 aromatic carbocycles. The Bertz CT molecular complexity index is 1190. The third-order valence-corrected chi connectivity index (χ3v) is 5.11. The molecule has 0 amide bonds. The second kappa shape index (κ2) is 9.13. The summed E-state index contributed by atoms with van der Waals surface area (Å²) in [5, 5.41) is 16.9. The fourth-order valence-electron chi connectivity index (χ4n) is 3.28. The van der Waals surface area contributed by atoms with Crippen molar-refractivity contribution >= 4 is 34.4 Å². The minimum absolute atomic E-state index is 0.0745. The van der Waals surface area contributed by atoms with Crippen LogP contribution in [0.25, 0.3) is 0 Å². The lowest BCUT2D eigenvalue weighted by Crippen LogP contribution is -2.26. The van der Waals surface area contributed by atoms with Gasteiger partial charge in [0, 0.05) is 5.69 Å². The smallest absolute Gasteiger partial charge is 0.334 e. The van der Waals surface area contributed by atoms with E-state index >= 15 is 0 Å². The van der Waals surface area contributed by atoms with Crippen molar-refractivity contribution in [2.75, 3.05) is 15.8 Å². The van der Waals surface area contributed by atoms with E-state index < -0.39 is 4.92 Å². The number of rotatable bonds is 7. The molecule has 2 N–H and O–H groups in total. The molecular weight excluding hydrogens is 404 g/mol. The van der Waals surface area contributed by atoms with Crippen LogP contribution < -0.4 is 15.8 Å². The zero-order chi connectivity index (χ0) is 22.5. The second-order valence-electron chi connectivity index (χ2n) is 7.17.